The van der Waals surface area contributed by atoms with E-state index in [1.165, 1.54) is 17.0 Å². The third kappa shape index (κ3) is 7.26. The number of halogens is 1. The number of ether oxygens (including phenoxy) is 1. The Balaban J connectivity index is 2.23. The van der Waals surface area contributed by atoms with Crippen LogP contribution in [0.1, 0.15) is 32.8 Å². The van der Waals surface area contributed by atoms with Crippen LogP contribution in [0.4, 0.5) is 9.18 Å². The smallest absolute Gasteiger partial charge is 0.410 e. The SMILES string of the molecule is CN(CCCNCc1cc(O)cc(F)c1)C(=O)OC(C)(C)C. The number of hydrogen-bond donors (Lipinski definition) is 2. The Bertz CT molecular complexity index is 480. The number of aromatic hydroxyl groups is 1. The van der Waals surface area contributed by atoms with E-state index in [0.717, 1.165) is 12.5 Å². The van der Waals surface area contributed by atoms with Crippen LogP contribution >= 0.6 is 0 Å². The summed E-state index contributed by atoms with van der Waals surface area (Å²) in [6, 6.07) is 3.96. The van der Waals surface area contributed by atoms with E-state index in [1.54, 1.807) is 7.05 Å². The molecular formula is C16H25FN2O3. The molecular weight excluding hydrogens is 287 g/mol. The summed E-state index contributed by atoms with van der Waals surface area (Å²) in [6.45, 7) is 7.18. The van der Waals surface area contributed by atoms with Gasteiger partial charge in [-0.05, 0) is 51.4 Å². The van der Waals surface area contributed by atoms with Crippen LogP contribution in [0.25, 0.3) is 0 Å². The highest BCUT2D eigenvalue weighted by Crippen LogP contribution is 2.14. The van der Waals surface area contributed by atoms with Gasteiger partial charge in [-0.15, -0.1) is 0 Å². The molecule has 0 fully saturated rings. The summed E-state index contributed by atoms with van der Waals surface area (Å²) in [6.07, 6.45) is 0.402. The third-order valence-electron chi connectivity index (χ3n) is 2.82. The molecule has 0 aliphatic rings. The van der Waals surface area contributed by atoms with Gasteiger partial charge in [-0.1, -0.05) is 0 Å². The molecule has 0 saturated carbocycles. The van der Waals surface area contributed by atoms with Crippen molar-refractivity contribution in [3.63, 3.8) is 0 Å². The minimum atomic E-state index is -0.497. The van der Waals surface area contributed by atoms with E-state index >= 15 is 0 Å². The molecule has 124 valence electrons. The highest BCUT2D eigenvalue weighted by Gasteiger charge is 2.18. The highest BCUT2D eigenvalue weighted by atomic mass is 19.1. The van der Waals surface area contributed by atoms with E-state index in [-0.39, 0.29) is 11.8 Å². The molecule has 1 rings (SSSR count). The summed E-state index contributed by atoms with van der Waals surface area (Å²) in [7, 11) is 1.69. The molecule has 0 aliphatic heterocycles. The molecule has 0 aliphatic carbocycles. The first-order valence-electron chi connectivity index (χ1n) is 7.30. The Hall–Kier alpha value is -1.82. The lowest BCUT2D eigenvalue weighted by Gasteiger charge is -2.24. The van der Waals surface area contributed by atoms with Crippen molar-refractivity contribution in [1.82, 2.24) is 10.2 Å². The van der Waals surface area contributed by atoms with Crippen LogP contribution in [0.3, 0.4) is 0 Å². The number of rotatable bonds is 6. The fourth-order valence-corrected chi connectivity index (χ4v) is 1.84. The van der Waals surface area contributed by atoms with Crippen LogP contribution in [0.2, 0.25) is 0 Å². The predicted octanol–water partition coefficient (Wildman–Crippen LogP) is 2.88. The lowest BCUT2D eigenvalue weighted by Crippen LogP contribution is -2.35. The first-order chi connectivity index (χ1) is 10.2. The average molecular weight is 312 g/mol. The molecule has 0 spiro atoms. The van der Waals surface area contributed by atoms with Crippen LogP contribution in [0.15, 0.2) is 18.2 Å². The average Bonchev–Trinajstić information content (AvgIpc) is 2.34. The Morgan fingerprint density at radius 2 is 2.05 bits per heavy atom. The molecule has 6 heteroatoms. The monoisotopic (exact) mass is 312 g/mol. The van der Waals surface area contributed by atoms with Gasteiger partial charge >= 0.3 is 6.09 Å². The fourth-order valence-electron chi connectivity index (χ4n) is 1.84. The minimum Gasteiger partial charge on any atom is -0.508 e. The second-order valence-electron chi connectivity index (χ2n) is 6.25. The molecule has 1 aromatic rings. The molecule has 5 nitrogen and oxygen atoms in total. The van der Waals surface area contributed by atoms with Crippen molar-refractivity contribution in [2.75, 3.05) is 20.1 Å². The maximum atomic E-state index is 13.1. The van der Waals surface area contributed by atoms with E-state index in [4.69, 9.17) is 4.74 Å². The number of phenolic OH excluding ortho intramolecular Hbond substituents is 1. The number of phenols is 1. The Morgan fingerprint density at radius 3 is 2.64 bits per heavy atom. The molecule has 0 bridgehead atoms. The lowest BCUT2D eigenvalue weighted by atomic mass is 10.2. The zero-order chi connectivity index (χ0) is 16.8. The van der Waals surface area contributed by atoms with Crippen LogP contribution in [-0.2, 0) is 11.3 Å². The fraction of sp³-hybridized carbons (Fsp3) is 0.562. The molecule has 0 heterocycles. The number of nitrogens with one attached hydrogen (secondary N) is 1. The highest BCUT2D eigenvalue weighted by molar-refractivity contribution is 5.67. The van der Waals surface area contributed by atoms with Gasteiger partial charge in [-0.3, -0.25) is 0 Å². The second kappa shape index (κ2) is 7.98. The molecule has 0 unspecified atom stereocenters. The van der Waals surface area contributed by atoms with Crippen molar-refractivity contribution in [2.24, 2.45) is 0 Å². The van der Waals surface area contributed by atoms with Crippen LogP contribution in [-0.4, -0.2) is 41.8 Å². The zero-order valence-electron chi connectivity index (χ0n) is 13.6. The maximum absolute atomic E-state index is 13.1. The summed E-state index contributed by atoms with van der Waals surface area (Å²) >= 11 is 0. The van der Waals surface area contributed by atoms with E-state index < -0.39 is 11.4 Å². The third-order valence-corrected chi connectivity index (χ3v) is 2.82. The standard InChI is InChI=1S/C16H25FN2O3/c1-16(2,3)22-15(21)19(4)7-5-6-18-11-12-8-13(17)10-14(20)9-12/h8-10,18,20H,5-7,11H2,1-4H3. The van der Waals surface area contributed by atoms with Gasteiger partial charge in [-0.25, -0.2) is 9.18 Å². The summed E-state index contributed by atoms with van der Waals surface area (Å²) in [4.78, 5) is 13.3. The molecule has 22 heavy (non-hydrogen) atoms. The van der Waals surface area contributed by atoms with Crippen LogP contribution in [0, 0.1) is 5.82 Å². The van der Waals surface area contributed by atoms with E-state index in [0.29, 0.717) is 25.2 Å². The van der Waals surface area contributed by atoms with E-state index in [2.05, 4.69) is 5.32 Å². The number of benzene rings is 1. The summed E-state index contributed by atoms with van der Waals surface area (Å²) < 4.78 is 18.3. The number of amides is 1. The molecule has 0 aromatic heterocycles. The number of carbonyl (C=O) groups is 1. The van der Waals surface area contributed by atoms with Gasteiger partial charge in [0.2, 0.25) is 0 Å². The lowest BCUT2D eigenvalue weighted by molar-refractivity contribution is 0.0297. The molecule has 1 amide bonds. The van der Waals surface area contributed by atoms with Gasteiger partial charge in [0.25, 0.3) is 0 Å². The van der Waals surface area contributed by atoms with Gasteiger partial charge in [-0.2, -0.15) is 0 Å². The predicted molar refractivity (Wildman–Crippen MR) is 83.3 cm³/mol. The van der Waals surface area contributed by atoms with E-state index in [1.807, 2.05) is 20.8 Å². The van der Waals surface area contributed by atoms with Gasteiger partial charge in [0.05, 0.1) is 0 Å². The Labute approximate surface area is 131 Å². The molecule has 2 N–H and O–H groups in total. The van der Waals surface area contributed by atoms with Gasteiger partial charge < -0.3 is 20.1 Å². The topological polar surface area (TPSA) is 61.8 Å². The quantitative estimate of drug-likeness (QED) is 0.793. The van der Waals surface area contributed by atoms with Gasteiger partial charge in [0.1, 0.15) is 17.2 Å². The van der Waals surface area contributed by atoms with Crippen molar-refractivity contribution in [1.29, 1.82) is 0 Å². The summed E-state index contributed by atoms with van der Waals surface area (Å²) in [5.74, 6) is -0.539. The van der Waals surface area contributed by atoms with Gasteiger partial charge in [0, 0.05) is 26.2 Å². The Kier molecular flexibility index (Phi) is 6.61. The zero-order valence-corrected chi connectivity index (χ0v) is 13.6. The van der Waals surface area contributed by atoms with Crippen molar-refractivity contribution >= 4 is 6.09 Å². The normalized spacial score (nSPS) is 11.3. The summed E-state index contributed by atoms with van der Waals surface area (Å²) in [5, 5.41) is 12.4. The molecule has 0 saturated heterocycles. The second-order valence-corrected chi connectivity index (χ2v) is 6.25. The summed E-state index contributed by atoms with van der Waals surface area (Å²) in [5.41, 5.74) is 0.182. The van der Waals surface area contributed by atoms with Crippen molar-refractivity contribution in [3.8, 4) is 5.75 Å². The number of nitrogens with zero attached hydrogens (tertiary/aromatic N) is 1. The van der Waals surface area contributed by atoms with Crippen molar-refractivity contribution < 1.29 is 19.0 Å². The minimum absolute atomic E-state index is 0.0820. The van der Waals surface area contributed by atoms with Gasteiger partial charge in [0.15, 0.2) is 0 Å². The Morgan fingerprint density at radius 1 is 1.36 bits per heavy atom. The first-order valence-corrected chi connectivity index (χ1v) is 7.30. The van der Waals surface area contributed by atoms with Crippen molar-refractivity contribution in [2.45, 2.75) is 39.3 Å². The number of hydrogen-bond acceptors (Lipinski definition) is 4. The first kappa shape index (κ1) is 18.2. The van der Waals surface area contributed by atoms with Crippen LogP contribution in [0.5, 0.6) is 5.75 Å². The molecule has 1 aromatic carbocycles. The van der Waals surface area contributed by atoms with E-state index in [9.17, 15) is 14.3 Å². The molecule has 0 radical (unpaired) electrons. The number of carbonyl (C=O) groups excluding carboxylic acids is 1. The largest absolute Gasteiger partial charge is 0.508 e. The maximum Gasteiger partial charge on any atom is 0.410 e. The van der Waals surface area contributed by atoms with Crippen LogP contribution < -0.4 is 5.32 Å². The molecule has 0 atom stereocenters. The van der Waals surface area contributed by atoms with Crippen molar-refractivity contribution in [3.05, 3.63) is 29.6 Å².